The molecule has 0 aromatic carbocycles. The Balaban J connectivity index is 4.57. The van der Waals surface area contributed by atoms with Crippen molar-refractivity contribution in [1.82, 2.24) is 4.90 Å². The van der Waals surface area contributed by atoms with Gasteiger partial charge in [-0.2, -0.15) is 0 Å². The zero-order chi connectivity index (χ0) is 14.4. The molecule has 0 atom stereocenters. The molecule has 0 aliphatic carbocycles. The van der Waals surface area contributed by atoms with Crippen LogP contribution in [0.15, 0.2) is 0 Å². The van der Waals surface area contributed by atoms with Crippen molar-refractivity contribution in [3.05, 3.63) is 0 Å². The van der Waals surface area contributed by atoms with Crippen LogP contribution in [0, 0.1) is 0 Å². The summed E-state index contributed by atoms with van der Waals surface area (Å²) in [6.45, 7) is 11.4. The van der Waals surface area contributed by atoms with Crippen molar-refractivity contribution < 1.29 is 14.3 Å². The average molecular weight is 275 g/mol. The van der Waals surface area contributed by atoms with Crippen LogP contribution in [0.25, 0.3) is 0 Å². The van der Waals surface area contributed by atoms with Crippen LogP contribution < -0.4 is 0 Å². The van der Waals surface area contributed by atoms with Gasteiger partial charge in [0.1, 0.15) is 0 Å². The smallest absolute Gasteiger partial charge is 0.317 e. The van der Waals surface area contributed by atoms with E-state index in [-0.39, 0.29) is 12.1 Å². The van der Waals surface area contributed by atoms with E-state index in [9.17, 15) is 4.79 Å². The maximum atomic E-state index is 10.7. The standard InChI is InChI=1S/C13H29NO3Si/c1-7-18(8-2,9-3)17-13(4,5)11-14(6)10-12(15)16/h7-11H2,1-6H3,(H,15,16). The van der Waals surface area contributed by atoms with Gasteiger partial charge < -0.3 is 9.53 Å². The fraction of sp³-hybridized carbons (Fsp3) is 0.923. The molecule has 0 rings (SSSR count). The highest BCUT2D eigenvalue weighted by molar-refractivity contribution is 6.73. The molecule has 0 amide bonds. The Morgan fingerprint density at radius 3 is 2.00 bits per heavy atom. The molecule has 1 N–H and O–H groups in total. The Bertz CT molecular complexity index is 257. The van der Waals surface area contributed by atoms with Gasteiger partial charge in [0.2, 0.25) is 0 Å². The minimum Gasteiger partial charge on any atom is -0.480 e. The number of nitrogens with zero attached hydrogens (tertiary/aromatic N) is 1. The number of carboxylic acid groups (broad SMARTS) is 1. The lowest BCUT2D eigenvalue weighted by Crippen LogP contribution is -2.49. The van der Waals surface area contributed by atoms with Crippen molar-refractivity contribution >= 4 is 14.3 Å². The number of rotatable bonds is 9. The Kier molecular flexibility index (Phi) is 7.10. The first-order valence-electron chi connectivity index (χ1n) is 6.80. The van der Waals surface area contributed by atoms with Crippen molar-refractivity contribution in [2.24, 2.45) is 0 Å². The van der Waals surface area contributed by atoms with Crippen LogP contribution >= 0.6 is 0 Å². The number of carboxylic acids is 1. The van der Waals surface area contributed by atoms with Crippen LogP contribution in [0.5, 0.6) is 0 Å². The lowest BCUT2D eigenvalue weighted by Gasteiger charge is -2.40. The third-order valence-electron chi connectivity index (χ3n) is 3.48. The largest absolute Gasteiger partial charge is 0.480 e. The summed E-state index contributed by atoms with van der Waals surface area (Å²) >= 11 is 0. The summed E-state index contributed by atoms with van der Waals surface area (Å²) in [5.41, 5.74) is -0.279. The maximum Gasteiger partial charge on any atom is 0.317 e. The molecule has 0 bridgehead atoms. The van der Waals surface area contributed by atoms with E-state index in [4.69, 9.17) is 9.53 Å². The summed E-state index contributed by atoms with van der Waals surface area (Å²) in [5, 5.41) is 8.78. The van der Waals surface area contributed by atoms with E-state index in [0.717, 1.165) is 18.1 Å². The number of hydrogen-bond donors (Lipinski definition) is 1. The molecular weight excluding hydrogens is 246 g/mol. The summed E-state index contributed by atoms with van der Waals surface area (Å²) in [6.07, 6.45) is 0. The predicted octanol–water partition coefficient (Wildman–Crippen LogP) is 2.80. The van der Waals surface area contributed by atoms with E-state index in [1.807, 2.05) is 11.9 Å². The van der Waals surface area contributed by atoms with Crippen molar-refractivity contribution in [3.8, 4) is 0 Å². The first kappa shape index (κ1) is 17.6. The highest BCUT2D eigenvalue weighted by Gasteiger charge is 2.36. The number of hydrogen-bond acceptors (Lipinski definition) is 3. The van der Waals surface area contributed by atoms with Gasteiger partial charge in [-0.05, 0) is 39.0 Å². The second kappa shape index (κ2) is 7.26. The SMILES string of the molecule is CC[Si](CC)(CC)OC(C)(C)CN(C)CC(=O)O. The monoisotopic (exact) mass is 275 g/mol. The number of aliphatic carboxylic acids is 1. The second-order valence-corrected chi connectivity index (χ2v) is 10.4. The van der Waals surface area contributed by atoms with E-state index in [1.54, 1.807) is 0 Å². The summed E-state index contributed by atoms with van der Waals surface area (Å²) in [6, 6.07) is 3.35. The van der Waals surface area contributed by atoms with Crippen molar-refractivity contribution in [2.45, 2.75) is 58.4 Å². The minimum atomic E-state index is -1.63. The van der Waals surface area contributed by atoms with Crippen LogP contribution in [-0.2, 0) is 9.22 Å². The molecule has 108 valence electrons. The zero-order valence-electron chi connectivity index (χ0n) is 12.7. The van der Waals surface area contributed by atoms with Crippen molar-refractivity contribution in [1.29, 1.82) is 0 Å². The fourth-order valence-corrected chi connectivity index (χ4v) is 5.69. The third-order valence-corrected chi connectivity index (χ3v) is 8.33. The van der Waals surface area contributed by atoms with E-state index in [1.165, 1.54) is 0 Å². The van der Waals surface area contributed by atoms with Gasteiger partial charge in [-0.15, -0.1) is 0 Å². The van der Waals surface area contributed by atoms with Gasteiger partial charge in [0, 0.05) is 6.54 Å². The van der Waals surface area contributed by atoms with Crippen LogP contribution in [0.2, 0.25) is 18.1 Å². The van der Waals surface area contributed by atoms with Gasteiger partial charge in [-0.1, -0.05) is 20.8 Å². The summed E-state index contributed by atoms with van der Waals surface area (Å²) in [5.74, 6) is -0.793. The van der Waals surface area contributed by atoms with Crippen molar-refractivity contribution in [2.75, 3.05) is 20.1 Å². The molecule has 0 fully saturated rings. The molecule has 0 spiro atoms. The molecule has 0 saturated heterocycles. The maximum absolute atomic E-state index is 10.7. The molecular formula is C13H29NO3Si. The lowest BCUT2D eigenvalue weighted by molar-refractivity contribution is -0.138. The highest BCUT2D eigenvalue weighted by atomic mass is 28.4. The van der Waals surface area contributed by atoms with Crippen LogP contribution in [-0.4, -0.2) is 50.0 Å². The topological polar surface area (TPSA) is 49.8 Å². The summed E-state index contributed by atoms with van der Waals surface area (Å²) in [4.78, 5) is 12.5. The van der Waals surface area contributed by atoms with Crippen LogP contribution in [0.1, 0.15) is 34.6 Å². The van der Waals surface area contributed by atoms with E-state index < -0.39 is 14.3 Å². The molecule has 0 aliphatic rings. The van der Waals surface area contributed by atoms with Crippen molar-refractivity contribution in [3.63, 3.8) is 0 Å². The molecule has 0 aromatic heterocycles. The van der Waals surface area contributed by atoms with E-state index in [2.05, 4.69) is 34.6 Å². The molecule has 18 heavy (non-hydrogen) atoms. The number of likely N-dealkylation sites (N-methyl/N-ethyl adjacent to an activating group) is 1. The molecule has 0 heterocycles. The highest BCUT2D eigenvalue weighted by Crippen LogP contribution is 2.28. The first-order chi connectivity index (χ1) is 8.20. The van der Waals surface area contributed by atoms with Gasteiger partial charge in [0.15, 0.2) is 8.32 Å². The molecule has 5 heteroatoms. The lowest BCUT2D eigenvalue weighted by atomic mass is 10.1. The normalized spacial score (nSPS) is 13.1. The summed E-state index contributed by atoms with van der Waals surface area (Å²) < 4.78 is 6.43. The molecule has 0 aliphatic heterocycles. The predicted molar refractivity (Wildman–Crippen MR) is 77.5 cm³/mol. The quantitative estimate of drug-likeness (QED) is 0.657. The Morgan fingerprint density at radius 1 is 1.22 bits per heavy atom. The van der Waals surface area contributed by atoms with E-state index in [0.29, 0.717) is 6.54 Å². The van der Waals surface area contributed by atoms with E-state index >= 15 is 0 Å². The Labute approximate surface area is 112 Å². The molecule has 0 saturated carbocycles. The van der Waals surface area contributed by atoms with Crippen LogP contribution in [0.4, 0.5) is 0 Å². The number of carbonyl (C=O) groups is 1. The summed E-state index contributed by atoms with van der Waals surface area (Å²) in [7, 11) is 0.192. The fourth-order valence-electron chi connectivity index (χ4n) is 2.52. The van der Waals surface area contributed by atoms with Gasteiger partial charge in [0.05, 0.1) is 12.1 Å². The van der Waals surface area contributed by atoms with Gasteiger partial charge in [-0.25, -0.2) is 0 Å². The minimum absolute atomic E-state index is 0.0612. The Morgan fingerprint density at radius 2 is 1.67 bits per heavy atom. The average Bonchev–Trinajstić information content (AvgIpc) is 2.24. The van der Waals surface area contributed by atoms with Crippen LogP contribution in [0.3, 0.4) is 0 Å². The van der Waals surface area contributed by atoms with Gasteiger partial charge in [0.25, 0.3) is 0 Å². The molecule has 0 aromatic rings. The van der Waals surface area contributed by atoms with Gasteiger partial charge >= 0.3 is 5.97 Å². The molecule has 0 unspecified atom stereocenters. The molecule has 4 nitrogen and oxygen atoms in total. The Hall–Kier alpha value is -0.393. The zero-order valence-corrected chi connectivity index (χ0v) is 13.7. The third kappa shape index (κ3) is 5.98. The second-order valence-electron chi connectivity index (χ2n) is 5.67. The van der Waals surface area contributed by atoms with Gasteiger partial charge in [-0.3, -0.25) is 9.69 Å². The molecule has 0 radical (unpaired) electrons. The first-order valence-corrected chi connectivity index (χ1v) is 9.33.